The Morgan fingerprint density at radius 1 is 1.00 bits per heavy atom. The molecule has 2 aromatic carbocycles. The highest BCUT2D eigenvalue weighted by molar-refractivity contribution is 5.90. The molecule has 3 atom stereocenters. The number of likely N-dealkylation sites (tertiary alicyclic amines) is 1. The van der Waals surface area contributed by atoms with Crippen molar-refractivity contribution in [3.8, 4) is 11.5 Å². The molecule has 0 radical (unpaired) electrons. The molecule has 2 aromatic rings. The van der Waals surface area contributed by atoms with Gasteiger partial charge in [-0.05, 0) is 73.5 Å². The molecule has 0 unspecified atom stereocenters. The van der Waals surface area contributed by atoms with Crippen molar-refractivity contribution in [1.82, 2.24) is 9.80 Å². The first kappa shape index (κ1) is 25.1. The van der Waals surface area contributed by atoms with Gasteiger partial charge < -0.3 is 20.1 Å². The highest BCUT2D eigenvalue weighted by atomic mass is 16.5. The van der Waals surface area contributed by atoms with Gasteiger partial charge in [0.1, 0.15) is 17.1 Å². The van der Waals surface area contributed by atoms with Gasteiger partial charge in [0, 0.05) is 37.6 Å². The summed E-state index contributed by atoms with van der Waals surface area (Å²) in [5.74, 6) is -0.0762. The topological polar surface area (TPSA) is 93.5 Å². The Kier molecular flexibility index (Phi) is 7.51. The van der Waals surface area contributed by atoms with E-state index in [2.05, 4.69) is 21.9 Å². The van der Waals surface area contributed by atoms with E-state index < -0.39 is 5.97 Å². The van der Waals surface area contributed by atoms with E-state index in [-0.39, 0.29) is 11.3 Å². The molecule has 3 fully saturated rings. The molecular weight excluding hydrogens is 456 g/mol. The Morgan fingerprint density at radius 3 is 2.56 bits per heavy atom. The van der Waals surface area contributed by atoms with Gasteiger partial charge in [0.15, 0.2) is 0 Å². The summed E-state index contributed by atoms with van der Waals surface area (Å²) in [5.41, 5.74) is 3.26. The average molecular weight is 495 g/mol. The molecule has 7 heteroatoms. The van der Waals surface area contributed by atoms with Crippen molar-refractivity contribution in [2.24, 2.45) is 5.92 Å². The number of benzene rings is 2. The maximum atomic E-state index is 10.3. The molecule has 6 rings (SSSR count). The normalized spacial score (nSPS) is 27.8. The van der Waals surface area contributed by atoms with Crippen LogP contribution in [0.25, 0.3) is 0 Å². The molecule has 0 spiro atoms. The van der Waals surface area contributed by atoms with Crippen LogP contribution < -0.4 is 0 Å². The van der Waals surface area contributed by atoms with Gasteiger partial charge in [0.2, 0.25) is 0 Å². The lowest BCUT2D eigenvalue weighted by Gasteiger charge is -2.59. The van der Waals surface area contributed by atoms with Crippen molar-refractivity contribution in [2.45, 2.75) is 50.0 Å². The second-order valence-corrected chi connectivity index (χ2v) is 10.7. The zero-order valence-electron chi connectivity index (χ0n) is 20.9. The Balaban J connectivity index is 0.000000226. The molecule has 0 amide bonds. The highest BCUT2D eigenvalue weighted by Crippen LogP contribution is 2.56. The van der Waals surface area contributed by atoms with Crippen LogP contribution in [-0.2, 0) is 16.6 Å². The van der Waals surface area contributed by atoms with Gasteiger partial charge in [-0.25, -0.2) is 4.79 Å². The minimum Gasteiger partial charge on any atom is -0.508 e. The summed E-state index contributed by atoms with van der Waals surface area (Å²) in [5, 5.41) is 27.4. The number of nitrogens with zero attached hydrogens (tertiary/aromatic N) is 2. The Labute approximate surface area is 213 Å². The fourth-order valence-corrected chi connectivity index (χ4v) is 7.10. The van der Waals surface area contributed by atoms with Crippen LogP contribution in [0, 0.1) is 5.92 Å². The number of morpholine rings is 1. The molecule has 7 nitrogen and oxygen atoms in total. The second kappa shape index (κ2) is 10.8. The van der Waals surface area contributed by atoms with Gasteiger partial charge in [0.25, 0.3) is 0 Å². The largest absolute Gasteiger partial charge is 0.508 e. The molecule has 2 heterocycles. The number of para-hydroxylation sites is 1. The lowest BCUT2D eigenvalue weighted by atomic mass is 9.52. The van der Waals surface area contributed by atoms with Gasteiger partial charge >= 0.3 is 5.97 Å². The van der Waals surface area contributed by atoms with Gasteiger partial charge in [-0.1, -0.05) is 31.0 Å². The summed E-state index contributed by atoms with van der Waals surface area (Å²) in [6, 6.07) is 12.7. The van der Waals surface area contributed by atoms with Crippen molar-refractivity contribution < 1.29 is 24.9 Å². The SMILES string of the molecule is O=C(O)c1ccccc1O.Oc1ccc2c(c1)[C@]13CCCC[C@H]1[C@H](C2)N(CCN1CCOCC1)CC3. The summed E-state index contributed by atoms with van der Waals surface area (Å²) >= 11 is 0. The van der Waals surface area contributed by atoms with Crippen LogP contribution in [0.5, 0.6) is 11.5 Å². The summed E-state index contributed by atoms with van der Waals surface area (Å²) < 4.78 is 5.50. The van der Waals surface area contributed by atoms with Crippen LogP contribution in [-0.4, -0.2) is 83.1 Å². The first-order chi connectivity index (χ1) is 17.5. The Hall–Kier alpha value is -2.61. The maximum absolute atomic E-state index is 10.3. The smallest absolute Gasteiger partial charge is 0.339 e. The molecule has 36 heavy (non-hydrogen) atoms. The fraction of sp³-hybridized carbons (Fsp3) is 0.552. The number of phenolic OH excluding ortho intramolecular Hbond substituents is 1. The number of piperidine rings is 1. The van der Waals surface area contributed by atoms with Crippen LogP contribution in [0.4, 0.5) is 0 Å². The summed E-state index contributed by atoms with van der Waals surface area (Å²) in [6.07, 6.45) is 7.87. The Bertz CT molecular complexity index is 1070. The number of hydrogen-bond acceptors (Lipinski definition) is 6. The third-order valence-corrected chi connectivity index (χ3v) is 8.88. The lowest BCUT2D eigenvalue weighted by molar-refractivity contribution is -0.0219. The standard InChI is InChI=1S/C22H32N2O2.C7H6O3/c25-18-5-4-17-15-21-19-3-1-2-6-22(19,20(17)16-18)7-8-24(21)10-9-23-11-13-26-14-12-23;8-6-4-2-1-3-5(6)7(9)10/h4-5,16,19,21,25H,1-3,6-15H2;1-4,8H,(H,9,10)/t19-,21-,22-;/m0./s1. The maximum Gasteiger partial charge on any atom is 0.339 e. The third-order valence-electron chi connectivity index (χ3n) is 8.88. The third kappa shape index (κ3) is 4.97. The van der Waals surface area contributed by atoms with Gasteiger partial charge in [-0.15, -0.1) is 0 Å². The van der Waals surface area contributed by atoms with Crippen LogP contribution in [0.2, 0.25) is 0 Å². The lowest BCUT2D eigenvalue weighted by Crippen LogP contribution is -2.61. The van der Waals surface area contributed by atoms with Crippen LogP contribution in [0.3, 0.4) is 0 Å². The number of fused-ring (bicyclic) bond motifs is 1. The fourth-order valence-electron chi connectivity index (χ4n) is 7.10. The van der Waals surface area contributed by atoms with E-state index in [1.54, 1.807) is 12.1 Å². The predicted octanol–water partition coefficient (Wildman–Crippen LogP) is 3.87. The number of phenols is 2. The second-order valence-electron chi connectivity index (χ2n) is 10.7. The van der Waals surface area contributed by atoms with E-state index >= 15 is 0 Å². The molecule has 1 saturated carbocycles. The number of rotatable bonds is 4. The minimum absolute atomic E-state index is 0.0671. The number of hydrogen-bond donors (Lipinski definition) is 3. The van der Waals surface area contributed by atoms with Crippen LogP contribution in [0.15, 0.2) is 42.5 Å². The van der Waals surface area contributed by atoms with E-state index in [1.807, 2.05) is 6.07 Å². The zero-order valence-corrected chi connectivity index (χ0v) is 20.9. The van der Waals surface area contributed by atoms with E-state index in [1.165, 1.54) is 81.4 Å². The van der Waals surface area contributed by atoms with Crippen molar-refractivity contribution >= 4 is 5.97 Å². The molecule has 4 aliphatic rings. The molecule has 2 saturated heterocycles. The first-order valence-electron chi connectivity index (χ1n) is 13.4. The number of ether oxygens (including phenoxy) is 1. The number of aromatic carboxylic acids is 1. The molecular formula is C29H38N2O5. The number of carboxylic acid groups (broad SMARTS) is 1. The Morgan fingerprint density at radius 2 is 1.81 bits per heavy atom. The van der Waals surface area contributed by atoms with E-state index in [0.29, 0.717) is 17.2 Å². The van der Waals surface area contributed by atoms with Crippen LogP contribution >= 0.6 is 0 Å². The van der Waals surface area contributed by atoms with Gasteiger partial charge in [0.05, 0.1) is 13.2 Å². The molecule has 2 aliphatic heterocycles. The monoisotopic (exact) mass is 494 g/mol. The molecule has 2 bridgehead atoms. The summed E-state index contributed by atoms with van der Waals surface area (Å²) in [7, 11) is 0. The zero-order chi connectivity index (χ0) is 25.1. The number of carboxylic acids is 1. The van der Waals surface area contributed by atoms with Crippen molar-refractivity contribution in [3.05, 3.63) is 59.2 Å². The summed E-state index contributed by atoms with van der Waals surface area (Å²) in [6.45, 7) is 7.58. The minimum atomic E-state index is -1.11. The quantitative estimate of drug-likeness (QED) is 0.594. The number of carbonyl (C=O) groups is 1. The van der Waals surface area contributed by atoms with E-state index in [9.17, 15) is 9.90 Å². The summed E-state index contributed by atoms with van der Waals surface area (Å²) in [4.78, 5) is 15.6. The van der Waals surface area contributed by atoms with Crippen molar-refractivity contribution in [1.29, 1.82) is 0 Å². The van der Waals surface area contributed by atoms with Crippen molar-refractivity contribution in [3.63, 3.8) is 0 Å². The highest BCUT2D eigenvalue weighted by Gasteiger charge is 2.53. The van der Waals surface area contributed by atoms with Crippen LogP contribution in [0.1, 0.15) is 53.6 Å². The van der Waals surface area contributed by atoms with Gasteiger partial charge in [-0.3, -0.25) is 9.80 Å². The predicted molar refractivity (Wildman–Crippen MR) is 138 cm³/mol. The number of aromatic hydroxyl groups is 2. The molecule has 194 valence electrons. The van der Waals surface area contributed by atoms with Crippen molar-refractivity contribution in [2.75, 3.05) is 45.9 Å². The first-order valence-corrected chi connectivity index (χ1v) is 13.4. The molecule has 3 N–H and O–H groups in total. The van der Waals surface area contributed by atoms with Gasteiger partial charge in [-0.2, -0.15) is 0 Å². The van der Waals surface area contributed by atoms with E-state index in [0.717, 1.165) is 32.2 Å². The molecule has 2 aliphatic carbocycles. The average Bonchev–Trinajstić information content (AvgIpc) is 2.90. The van der Waals surface area contributed by atoms with E-state index in [4.69, 9.17) is 14.9 Å². The molecule has 0 aromatic heterocycles.